The van der Waals surface area contributed by atoms with Crippen molar-refractivity contribution in [3.05, 3.63) is 65.2 Å². The van der Waals surface area contributed by atoms with E-state index < -0.39 is 12.0 Å². The molecule has 7 nitrogen and oxygen atoms in total. The molecule has 3 N–H and O–H groups in total. The molecule has 0 saturated carbocycles. The number of aliphatic carboxylic acids is 1. The van der Waals surface area contributed by atoms with E-state index in [0.29, 0.717) is 23.3 Å². The normalized spacial score (nSPS) is 11.3. The Morgan fingerprint density at radius 3 is 2.41 bits per heavy atom. The quantitative estimate of drug-likeness (QED) is 0.659. The van der Waals surface area contributed by atoms with E-state index in [2.05, 4.69) is 10.6 Å². The zero-order chi connectivity index (χ0) is 19.8. The van der Waals surface area contributed by atoms with Gasteiger partial charge in [0, 0.05) is 19.0 Å². The highest BCUT2D eigenvalue weighted by Gasteiger charge is 2.22. The summed E-state index contributed by atoms with van der Waals surface area (Å²) in [6, 6.07) is 12.3. The molecule has 0 fully saturated rings. The molecule has 0 radical (unpaired) electrons. The van der Waals surface area contributed by atoms with Crippen LogP contribution in [0.3, 0.4) is 0 Å². The van der Waals surface area contributed by atoms with Gasteiger partial charge in [0.1, 0.15) is 5.75 Å². The Morgan fingerprint density at radius 1 is 1.11 bits per heavy atom. The van der Waals surface area contributed by atoms with Gasteiger partial charge in [0.2, 0.25) is 5.91 Å². The number of amides is 2. The van der Waals surface area contributed by atoms with Crippen molar-refractivity contribution in [3.8, 4) is 5.75 Å². The van der Waals surface area contributed by atoms with Crippen LogP contribution in [0.4, 0.5) is 0 Å². The number of carbonyl (C=O) groups excluding carboxylic acids is 2. The van der Waals surface area contributed by atoms with Gasteiger partial charge in [-0.1, -0.05) is 24.3 Å². The van der Waals surface area contributed by atoms with Crippen LogP contribution in [0.5, 0.6) is 5.75 Å². The highest BCUT2D eigenvalue weighted by atomic mass is 16.5. The third-order valence-electron chi connectivity index (χ3n) is 4.06. The summed E-state index contributed by atoms with van der Waals surface area (Å²) in [4.78, 5) is 35.4. The summed E-state index contributed by atoms with van der Waals surface area (Å²) < 4.78 is 5.05. The first-order chi connectivity index (χ1) is 12.9. The second kappa shape index (κ2) is 9.38. The third-order valence-corrected chi connectivity index (χ3v) is 4.06. The zero-order valence-corrected chi connectivity index (χ0v) is 15.2. The molecule has 1 unspecified atom stereocenters. The topological polar surface area (TPSA) is 105 Å². The molecular weight excluding hydrogens is 348 g/mol. The minimum Gasteiger partial charge on any atom is -0.497 e. The third kappa shape index (κ3) is 5.57. The summed E-state index contributed by atoms with van der Waals surface area (Å²) in [7, 11) is 3.07. The number of carbonyl (C=O) groups is 3. The van der Waals surface area contributed by atoms with Crippen molar-refractivity contribution in [3.63, 3.8) is 0 Å². The van der Waals surface area contributed by atoms with E-state index in [-0.39, 0.29) is 18.2 Å². The number of hydrogen-bond acceptors (Lipinski definition) is 4. The number of nitrogens with one attached hydrogen (secondary N) is 2. The Bertz CT molecular complexity index is 817. The average Bonchev–Trinajstić information content (AvgIpc) is 2.70. The molecule has 0 aliphatic rings. The van der Waals surface area contributed by atoms with E-state index in [0.717, 1.165) is 5.56 Å². The van der Waals surface area contributed by atoms with Crippen molar-refractivity contribution in [1.82, 2.24) is 10.6 Å². The smallest absolute Gasteiger partial charge is 0.330 e. The second-order valence-corrected chi connectivity index (χ2v) is 5.89. The fourth-order valence-electron chi connectivity index (χ4n) is 2.59. The predicted molar refractivity (Wildman–Crippen MR) is 99.7 cm³/mol. The summed E-state index contributed by atoms with van der Waals surface area (Å²) in [6.45, 7) is 0. The monoisotopic (exact) mass is 370 g/mol. The van der Waals surface area contributed by atoms with Gasteiger partial charge in [-0.2, -0.15) is 0 Å². The molecule has 27 heavy (non-hydrogen) atoms. The minimum atomic E-state index is -1.14. The van der Waals surface area contributed by atoms with E-state index in [1.165, 1.54) is 7.11 Å². The molecule has 1 atom stereocenters. The molecule has 0 aromatic heterocycles. The Morgan fingerprint density at radius 2 is 1.81 bits per heavy atom. The van der Waals surface area contributed by atoms with Crippen molar-refractivity contribution in [2.45, 2.75) is 18.9 Å². The molecular formula is C20H22N2O5. The predicted octanol–water partition coefficient (Wildman–Crippen LogP) is 1.93. The lowest BCUT2D eigenvalue weighted by atomic mass is 10.0. The summed E-state index contributed by atoms with van der Waals surface area (Å²) in [5.74, 6) is -1.13. The second-order valence-electron chi connectivity index (χ2n) is 5.89. The van der Waals surface area contributed by atoms with Gasteiger partial charge < -0.3 is 20.5 Å². The lowest BCUT2D eigenvalue weighted by molar-refractivity contribution is -0.142. The average molecular weight is 370 g/mol. The number of ether oxygens (including phenoxy) is 1. The van der Waals surface area contributed by atoms with Crippen LogP contribution in [0.2, 0.25) is 0 Å². The number of aryl methyl sites for hydroxylation is 1. The molecule has 0 saturated heterocycles. The zero-order valence-electron chi connectivity index (χ0n) is 15.2. The van der Waals surface area contributed by atoms with Gasteiger partial charge in [0.15, 0.2) is 6.04 Å². The van der Waals surface area contributed by atoms with Gasteiger partial charge in [-0.3, -0.25) is 9.59 Å². The van der Waals surface area contributed by atoms with Crippen LogP contribution < -0.4 is 15.4 Å². The molecule has 0 bridgehead atoms. The number of rotatable bonds is 8. The fraction of sp³-hybridized carbons (Fsp3) is 0.250. The largest absolute Gasteiger partial charge is 0.497 e. The van der Waals surface area contributed by atoms with Crippen molar-refractivity contribution < 1.29 is 24.2 Å². The van der Waals surface area contributed by atoms with Gasteiger partial charge in [0.05, 0.1) is 7.11 Å². The van der Waals surface area contributed by atoms with E-state index >= 15 is 0 Å². The van der Waals surface area contributed by atoms with Gasteiger partial charge in [-0.05, 0) is 41.8 Å². The SMILES string of the molecule is CNC(=O)c1cccc(CCC(=O)NC(C(=O)O)c2ccc(OC)cc2)c1. The minimum absolute atomic E-state index is 0.108. The van der Waals surface area contributed by atoms with Crippen LogP contribution >= 0.6 is 0 Å². The first-order valence-electron chi connectivity index (χ1n) is 8.41. The molecule has 2 rings (SSSR count). The lowest BCUT2D eigenvalue weighted by Crippen LogP contribution is -2.33. The molecule has 0 heterocycles. The number of carboxylic acids is 1. The van der Waals surface area contributed by atoms with Gasteiger partial charge in [-0.15, -0.1) is 0 Å². The molecule has 2 amide bonds. The summed E-state index contributed by atoms with van der Waals surface area (Å²) in [5, 5.41) is 14.5. The van der Waals surface area contributed by atoms with Crippen LogP contribution in [0.25, 0.3) is 0 Å². The summed E-state index contributed by atoms with van der Waals surface area (Å²) in [5.41, 5.74) is 1.79. The molecule has 142 valence electrons. The lowest BCUT2D eigenvalue weighted by Gasteiger charge is -2.15. The maximum atomic E-state index is 12.2. The first kappa shape index (κ1) is 20.0. The van der Waals surface area contributed by atoms with Crippen LogP contribution in [0, 0.1) is 0 Å². The highest BCUT2D eigenvalue weighted by Crippen LogP contribution is 2.18. The van der Waals surface area contributed by atoms with Gasteiger partial charge in [0.25, 0.3) is 5.91 Å². The molecule has 0 aliphatic carbocycles. The molecule has 0 aliphatic heterocycles. The number of carboxylic acid groups (broad SMARTS) is 1. The van der Waals surface area contributed by atoms with Crippen molar-refractivity contribution >= 4 is 17.8 Å². The van der Waals surface area contributed by atoms with E-state index in [4.69, 9.17) is 4.74 Å². The van der Waals surface area contributed by atoms with Gasteiger partial charge >= 0.3 is 5.97 Å². The van der Waals surface area contributed by atoms with Crippen molar-refractivity contribution in [1.29, 1.82) is 0 Å². The van der Waals surface area contributed by atoms with E-state index in [9.17, 15) is 19.5 Å². The van der Waals surface area contributed by atoms with E-state index in [1.54, 1.807) is 49.5 Å². The first-order valence-corrected chi connectivity index (χ1v) is 8.41. The Hall–Kier alpha value is -3.35. The highest BCUT2D eigenvalue weighted by molar-refractivity contribution is 5.94. The van der Waals surface area contributed by atoms with Crippen molar-refractivity contribution in [2.24, 2.45) is 0 Å². The van der Waals surface area contributed by atoms with Crippen LogP contribution in [-0.2, 0) is 16.0 Å². The Kier molecular flexibility index (Phi) is 6.93. The molecule has 7 heteroatoms. The number of benzene rings is 2. The summed E-state index contributed by atoms with van der Waals surface area (Å²) in [6.07, 6.45) is 0.503. The van der Waals surface area contributed by atoms with Gasteiger partial charge in [-0.25, -0.2) is 4.79 Å². The van der Waals surface area contributed by atoms with Crippen LogP contribution in [0.15, 0.2) is 48.5 Å². The fourth-order valence-corrected chi connectivity index (χ4v) is 2.59. The van der Waals surface area contributed by atoms with Crippen LogP contribution in [-0.4, -0.2) is 37.0 Å². The molecule has 2 aromatic carbocycles. The standard InChI is InChI=1S/C20H22N2O5/c1-21-19(24)15-5-3-4-13(12-15)6-11-17(23)22-18(20(25)26)14-7-9-16(27-2)10-8-14/h3-5,7-10,12,18H,6,11H2,1-2H3,(H,21,24)(H,22,23)(H,25,26). The maximum absolute atomic E-state index is 12.2. The Balaban J connectivity index is 2.00. The number of methoxy groups -OCH3 is 1. The summed E-state index contributed by atoms with van der Waals surface area (Å²) >= 11 is 0. The van der Waals surface area contributed by atoms with Crippen molar-refractivity contribution in [2.75, 3.05) is 14.2 Å². The maximum Gasteiger partial charge on any atom is 0.330 e. The molecule has 2 aromatic rings. The van der Waals surface area contributed by atoms with E-state index in [1.807, 2.05) is 6.07 Å². The Labute approximate surface area is 157 Å². The van der Waals surface area contributed by atoms with Crippen LogP contribution in [0.1, 0.15) is 33.9 Å². The molecule has 0 spiro atoms. The number of hydrogen-bond donors (Lipinski definition) is 3.